The van der Waals surface area contributed by atoms with E-state index in [9.17, 15) is 23.1 Å². The lowest BCUT2D eigenvalue weighted by atomic mass is 9.88. The number of nitrogens with zero attached hydrogens (tertiary/aromatic N) is 1. The van der Waals surface area contributed by atoms with Gasteiger partial charge in [0.15, 0.2) is 0 Å². The second kappa shape index (κ2) is 12.2. The predicted octanol–water partition coefficient (Wildman–Crippen LogP) is 5.46. The second-order valence-corrected chi connectivity index (χ2v) is 7.97. The van der Waals surface area contributed by atoms with Gasteiger partial charge in [0.2, 0.25) is 0 Å². The van der Waals surface area contributed by atoms with Gasteiger partial charge in [-0.15, -0.1) is 12.4 Å². The first-order valence-corrected chi connectivity index (χ1v) is 10.6. The third-order valence-electron chi connectivity index (χ3n) is 5.78. The third kappa shape index (κ3) is 7.50. The van der Waals surface area contributed by atoms with Gasteiger partial charge < -0.3 is 14.7 Å². The van der Waals surface area contributed by atoms with Crippen LogP contribution in [-0.2, 0) is 15.7 Å². The average Bonchev–Trinajstić information content (AvgIpc) is 2.76. The van der Waals surface area contributed by atoms with Gasteiger partial charge in [-0.25, -0.2) is 0 Å². The van der Waals surface area contributed by atoms with Crippen molar-refractivity contribution in [3.63, 3.8) is 0 Å². The SMILES string of the molecule is Cl.O=C(O)[C@@H]1CCCN(CCOCCC(c2ccccc2)c2cccc(C(F)(F)F)c2)C1. The molecule has 0 amide bonds. The van der Waals surface area contributed by atoms with Crippen LogP contribution in [-0.4, -0.2) is 48.8 Å². The molecule has 0 aromatic heterocycles. The molecular weight excluding hydrogens is 443 g/mol. The number of benzene rings is 2. The van der Waals surface area contributed by atoms with E-state index in [-0.39, 0.29) is 24.2 Å². The van der Waals surface area contributed by atoms with Gasteiger partial charge in [0, 0.05) is 25.6 Å². The Morgan fingerprint density at radius 1 is 1.09 bits per heavy atom. The molecule has 2 aromatic carbocycles. The molecule has 2 aromatic rings. The molecule has 0 spiro atoms. The minimum Gasteiger partial charge on any atom is -0.481 e. The Bertz CT molecular complexity index is 848. The second-order valence-electron chi connectivity index (χ2n) is 7.97. The Morgan fingerprint density at radius 2 is 1.81 bits per heavy atom. The van der Waals surface area contributed by atoms with Crippen molar-refractivity contribution < 1.29 is 27.8 Å². The quantitative estimate of drug-likeness (QED) is 0.493. The molecule has 1 aliphatic heterocycles. The molecule has 1 N–H and O–H groups in total. The maximum Gasteiger partial charge on any atom is 0.416 e. The standard InChI is InChI=1S/C24H28F3NO3.ClH/c25-24(26,27)21-10-4-8-19(16-21)22(18-6-2-1-3-7-18)11-14-31-15-13-28-12-5-9-20(17-28)23(29)30;/h1-4,6-8,10,16,20,22H,5,9,11-15,17H2,(H,29,30);1H/t20-,22?;/m1./s1. The topological polar surface area (TPSA) is 49.8 Å². The lowest BCUT2D eigenvalue weighted by molar-refractivity contribution is -0.143. The van der Waals surface area contributed by atoms with Crippen molar-refractivity contribution >= 4 is 18.4 Å². The maximum absolute atomic E-state index is 13.2. The molecule has 176 valence electrons. The number of aliphatic carboxylic acids is 1. The van der Waals surface area contributed by atoms with Crippen LogP contribution in [0.15, 0.2) is 54.6 Å². The van der Waals surface area contributed by atoms with Crippen LogP contribution in [0.2, 0.25) is 0 Å². The normalized spacial score (nSPS) is 18.0. The summed E-state index contributed by atoms with van der Waals surface area (Å²) < 4.78 is 45.3. The summed E-state index contributed by atoms with van der Waals surface area (Å²) in [6.07, 6.45) is -2.25. The third-order valence-corrected chi connectivity index (χ3v) is 5.78. The molecule has 1 aliphatic rings. The van der Waals surface area contributed by atoms with E-state index < -0.39 is 17.7 Å². The number of carboxylic acid groups (broad SMARTS) is 1. The van der Waals surface area contributed by atoms with Crippen LogP contribution in [0, 0.1) is 5.92 Å². The lowest BCUT2D eigenvalue weighted by Crippen LogP contribution is -2.40. The van der Waals surface area contributed by atoms with Crippen molar-refractivity contribution in [2.24, 2.45) is 5.92 Å². The summed E-state index contributed by atoms with van der Waals surface area (Å²) in [5, 5.41) is 9.18. The Balaban J connectivity index is 0.00000363. The van der Waals surface area contributed by atoms with Crippen LogP contribution in [0.3, 0.4) is 0 Å². The first kappa shape index (κ1) is 26.2. The van der Waals surface area contributed by atoms with E-state index in [1.54, 1.807) is 6.07 Å². The number of piperidine rings is 1. The first-order valence-electron chi connectivity index (χ1n) is 10.6. The van der Waals surface area contributed by atoms with Gasteiger partial charge in [-0.05, 0) is 43.0 Å². The Hall–Kier alpha value is -2.09. The van der Waals surface area contributed by atoms with Gasteiger partial charge in [-0.1, -0.05) is 48.5 Å². The smallest absolute Gasteiger partial charge is 0.416 e. The van der Waals surface area contributed by atoms with E-state index in [2.05, 4.69) is 4.90 Å². The number of ether oxygens (including phenoxy) is 1. The Kier molecular flexibility index (Phi) is 10.0. The predicted molar refractivity (Wildman–Crippen MR) is 119 cm³/mol. The highest BCUT2D eigenvalue weighted by Gasteiger charge is 2.31. The number of halogens is 4. The zero-order chi connectivity index (χ0) is 22.3. The van der Waals surface area contributed by atoms with Crippen molar-refractivity contribution in [1.82, 2.24) is 4.90 Å². The van der Waals surface area contributed by atoms with E-state index in [0.717, 1.165) is 24.6 Å². The van der Waals surface area contributed by atoms with Crippen molar-refractivity contribution in [2.75, 3.05) is 32.8 Å². The summed E-state index contributed by atoms with van der Waals surface area (Å²) in [5.41, 5.74) is 0.917. The molecular formula is C24H29ClF3NO3. The van der Waals surface area contributed by atoms with E-state index in [1.165, 1.54) is 12.1 Å². The van der Waals surface area contributed by atoms with Crippen LogP contribution in [0.4, 0.5) is 13.2 Å². The summed E-state index contributed by atoms with van der Waals surface area (Å²) >= 11 is 0. The number of rotatable bonds is 9. The van der Waals surface area contributed by atoms with Gasteiger partial charge in [-0.2, -0.15) is 13.2 Å². The molecule has 1 heterocycles. The van der Waals surface area contributed by atoms with Crippen LogP contribution >= 0.6 is 12.4 Å². The zero-order valence-electron chi connectivity index (χ0n) is 17.8. The van der Waals surface area contributed by atoms with E-state index >= 15 is 0 Å². The van der Waals surface area contributed by atoms with Crippen LogP contribution < -0.4 is 0 Å². The number of hydrogen-bond donors (Lipinski definition) is 1. The molecule has 3 rings (SSSR count). The molecule has 32 heavy (non-hydrogen) atoms. The summed E-state index contributed by atoms with van der Waals surface area (Å²) in [5.74, 6) is -1.27. The number of carbonyl (C=O) groups is 1. The monoisotopic (exact) mass is 471 g/mol. The van der Waals surface area contributed by atoms with Gasteiger partial charge >= 0.3 is 12.1 Å². The minimum absolute atomic E-state index is 0. The van der Waals surface area contributed by atoms with Crippen LogP contribution in [0.25, 0.3) is 0 Å². The summed E-state index contributed by atoms with van der Waals surface area (Å²) in [7, 11) is 0. The molecule has 4 nitrogen and oxygen atoms in total. The van der Waals surface area contributed by atoms with Crippen LogP contribution in [0.5, 0.6) is 0 Å². The van der Waals surface area contributed by atoms with Crippen molar-refractivity contribution in [3.05, 3.63) is 71.3 Å². The van der Waals surface area contributed by atoms with E-state index in [0.29, 0.717) is 44.7 Å². The molecule has 1 fully saturated rings. The fourth-order valence-corrected chi connectivity index (χ4v) is 4.10. The van der Waals surface area contributed by atoms with Gasteiger partial charge in [0.05, 0.1) is 18.1 Å². The average molecular weight is 472 g/mol. The molecule has 8 heteroatoms. The highest BCUT2D eigenvalue weighted by atomic mass is 35.5. The first-order chi connectivity index (χ1) is 14.8. The van der Waals surface area contributed by atoms with Crippen molar-refractivity contribution in [2.45, 2.75) is 31.4 Å². The van der Waals surface area contributed by atoms with Crippen molar-refractivity contribution in [3.8, 4) is 0 Å². The fourth-order valence-electron chi connectivity index (χ4n) is 4.10. The molecule has 1 saturated heterocycles. The van der Waals surface area contributed by atoms with Crippen LogP contribution in [0.1, 0.15) is 41.9 Å². The number of carboxylic acids is 1. The molecule has 0 saturated carbocycles. The Labute approximate surface area is 192 Å². The molecule has 2 atom stereocenters. The highest BCUT2D eigenvalue weighted by molar-refractivity contribution is 5.85. The fraction of sp³-hybridized carbons (Fsp3) is 0.458. The largest absolute Gasteiger partial charge is 0.481 e. The summed E-state index contributed by atoms with van der Waals surface area (Å²) in [6, 6.07) is 15.0. The number of hydrogen-bond acceptors (Lipinski definition) is 3. The van der Waals surface area contributed by atoms with E-state index in [4.69, 9.17) is 4.74 Å². The Morgan fingerprint density at radius 3 is 2.50 bits per heavy atom. The molecule has 0 bridgehead atoms. The molecule has 0 aliphatic carbocycles. The van der Waals surface area contributed by atoms with Gasteiger partial charge in [0.25, 0.3) is 0 Å². The number of likely N-dealkylation sites (tertiary alicyclic amines) is 1. The van der Waals surface area contributed by atoms with Gasteiger partial charge in [-0.3, -0.25) is 4.79 Å². The highest BCUT2D eigenvalue weighted by Crippen LogP contribution is 2.34. The van der Waals surface area contributed by atoms with Gasteiger partial charge in [0.1, 0.15) is 0 Å². The molecule has 1 unspecified atom stereocenters. The van der Waals surface area contributed by atoms with Crippen molar-refractivity contribution in [1.29, 1.82) is 0 Å². The minimum atomic E-state index is -4.38. The number of alkyl halides is 3. The lowest BCUT2D eigenvalue weighted by Gasteiger charge is -2.30. The molecule has 0 radical (unpaired) electrons. The zero-order valence-corrected chi connectivity index (χ0v) is 18.6. The summed E-state index contributed by atoms with van der Waals surface area (Å²) in [6.45, 7) is 2.94. The maximum atomic E-state index is 13.2. The van der Waals surface area contributed by atoms with E-state index in [1.807, 2.05) is 30.3 Å². The summed E-state index contributed by atoms with van der Waals surface area (Å²) in [4.78, 5) is 13.3.